The van der Waals surface area contributed by atoms with E-state index in [0.29, 0.717) is 5.69 Å². The van der Waals surface area contributed by atoms with Crippen molar-refractivity contribution < 1.29 is 14.4 Å². The molecule has 3 N–H and O–H groups in total. The van der Waals surface area contributed by atoms with Crippen LogP contribution in [0.25, 0.3) is 0 Å². The predicted octanol–water partition coefficient (Wildman–Crippen LogP) is 1.21. The second kappa shape index (κ2) is 5.57. The molecule has 0 bridgehead atoms. The van der Waals surface area contributed by atoms with E-state index in [9.17, 15) is 14.4 Å². The predicted molar refractivity (Wildman–Crippen MR) is 94.5 cm³/mol. The van der Waals surface area contributed by atoms with Gasteiger partial charge in [0.05, 0.1) is 11.8 Å². The molecule has 0 aliphatic carbocycles. The third-order valence-corrected chi connectivity index (χ3v) is 6.29. The molecule has 4 rings (SSSR count). The van der Waals surface area contributed by atoms with Crippen molar-refractivity contribution in [2.24, 2.45) is 11.8 Å². The summed E-state index contributed by atoms with van der Waals surface area (Å²) in [6.45, 7) is 0. The van der Waals surface area contributed by atoms with E-state index in [-0.39, 0.29) is 23.8 Å². The van der Waals surface area contributed by atoms with Gasteiger partial charge in [0, 0.05) is 21.8 Å². The van der Waals surface area contributed by atoms with Crippen LogP contribution in [0.5, 0.6) is 0 Å². The average Bonchev–Trinajstić information content (AvgIpc) is 3.13. The Morgan fingerprint density at radius 1 is 1.21 bits per heavy atom. The topological polar surface area (TPSA) is 87.3 Å². The average molecular weight is 410 g/mol. The maximum Gasteiger partial charge on any atom is 0.250 e. The molecule has 2 fully saturated rings. The summed E-state index contributed by atoms with van der Waals surface area (Å²) in [6.07, 6.45) is 2.72. The number of hydrogen-bond acceptors (Lipinski definition) is 5. The van der Waals surface area contributed by atoms with Gasteiger partial charge in [-0.1, -0.05) is 15.9 Å². The van der Waals surface area contributed by atoms with Gasteiger partial charge in [0.1, 0.15) is 5.54 Å². The molecule has 126 valence electrons. The zero-order valence-electron chi connectivity index (χ0n) is 12.9. The number of fused-ring (bicyclic) bond motifs is 4. The Labute approximate surface area is 151 Å². The number of halogens is 1. The summed E-state index contributed by atoms with van der Waals surface area (Å²) in [5, 5.41) is 8.66. The van der Waals surface area contributed by atoms with Gasteiger partial charge < -0.3 is 5.32 Å². The number of hydrogen-bond donors (Lipinski definition) is 3. The summed E-state index contributed by atoms with van der Waals surface area (Å²) in [5.74, 6) is -1.29. The summed E-state index contributed by atoms with van der Waals surface area (Å²) in [4.78, 5) is 37.8. The van der Waals surface area contributed by atoms with Gasteiger partial charge in [0.2, 0.25) is 17.7 Å². The summed E-state index contributed by atoms with van der Waals surface area (Å²) in [7, 11) is 0. The van der Waals surface area contributed by atoms with E-state index < -0.39 is 17.4 Å². The Morgan fingerprint density at radius 3 is 2.75 bits per heavy atom. The van der Waals surface area contributed by atoms with Crippen LogP contribution in [0.1, 0.15) is 12.0 Å². The molecule has 3 amide bonds. The lowest BCUT2D eigenvalue weighted by Crippen LogP contribution is -2.52. The number of imide groups is 1. The van der Waals surface area contributed by atoms with Crippen LogP contribution in [0.2, 0.25) is 0 Å². The number of nitrogens with one attached hydrogen (secondary N) is 3. The van der Waals surface area contributed by atoms with E-state index >= 15 is 0 Å². The SMILES string of the molecule is CSCC[C@@H]1N[C@@]2(C(=O)Nc3ccc(Br)cc32)[C@@H]2C(=O)NC(=O)[C@H]12. The first-order chi connectivity index (χ1) is 11.5. The maximum absolute atomic E-state index is 12.9. The van der Waals surface area contributed by atoms with Gasteiger partial charge in [-0.3, -0.25) is 25.0 Å². The van der Waals surface area contributed by atoms with Crippen molar-refractivity contribution in [3.8, 4) is 0 Å². The molecule has 0 unspecified atom stereocenters. The fourth-order valence-corrected chi connectivity index (χ4v) is 5.04. The van der Waals surface area contributed by atoms with E-state index in [1.807, 2.05) is 24.5 Å². The van der Waals surface area contributed by atoms with Gasteiger partial charge in [0.15, 0.2) is 0 Å². The molecule has 8 heteroatoms. The van der Waals surface area contributed by atoms with Crippen LogP contribution >= 0.6 is 27.7 Å². The minimum absolute atomic E-state index is 0.204. The highest BCUT2D eigenvalue weighted by Crippen LogP contribution is 2.52. The van der Waals surface area contributed by atoms with Gasteiger partial charge in [-0.25, -0.2) is 0 Å². The first-order valence-corrected chi connectivity index (χ1v) is 9.90. The molecular weight excluding hydrogens is 394 g/mol. The van der Waals surface area contributed by atoms with Gasteiger partial charge in [-0.2, -0.15) is 11.8 Å². The number of carbonyl (C=O) groups excluding carboxylic acids is 3. The smallest absolute Gasteiger partial charge is 0.250 e. The summed E-state index contributed by atoms with van der Waals surface area (Å²) in [6, 6.07) is 5.30. The number of benzene rings is 1. The molecule has 0 radical (unpaired) electrons. The Bertz CT molecular complexity index is 771. The number of carbonyl (C=O) groups is 3. The van der Waals surface area contributed by atoms with Crippen LogP contribution in [0.4, 0.5) is 5.69 Å². The van der Waals surface area contributed by atoms with Crippen LogP contribution < -0.4 is 16.0 Å². The Hall–Kier alpha value is -1.38. The molecule has 2 saturated heterocycles. The third-order valence-electron chi connectivity index (χ3n) is 5.15. The molecule has 3 aliphatic rings. The normalized spacial score (nSPS) is 33.6. The lowest BCUT2D eigenvalue weighted by molar-refractivity contribution is -0.132. The van der Waals surface area contributed by atoms with E-state index in [1.165, 1.54) is 0 Å². The molecule has 3 aliphatic heterocycles. The number of anilines is 1. The fourth-order valence-electron chi connectivity index (χ4n) is 4.19. The van der Waals surface area contributed by atoms with Crippen molar-refractivity contribution in [3.05, 3.63) is 28.2 Å². The molecule has 1 aromatic rings. The minimum Gasteiger partial charge on any atom is -0.324 e. The molecule has 0 saturated carbocycles. The molecule has 0 aromatic heterocycles. The highest BCUT2D eigenvalue weighted by molar-refractivity contribution is 9.10. The highest BCUT2D eigenvalue weighted by Gasteiger charge is 2.68. The first-order valence-electron chi connectivity index (χ1n) is 7.72. The molecular formula is C16H16BrN3O3S. The van der Waals surface area contributed by atoms with Crippen molar-refractivity contribution in [2.45, 2.75) is 18.0 Å². The molecule has 24 heavy (non-hydrogen) atoms. The Balaban J connectivity index is 1.86. The third kappa shape index (κ3) is 2.02. The van der Waals surface area contributed by atoms with Crippen molar-refractivity contribution >= 4 is 51.1 Å². The number of rotatable bonds is 3. The van der Waals surface area contributed by atoms with Crippen LogP contribution in [0.15, 0.2) is 22.7 Å². The second-order valence-corrected chi connectivity index (χ2v) is 8.24. The summed E-state index contributed by atoms with van der Waals surface area (Å²) < 4.78 is 0.827. The Kier molecular flexibility index (Phi) is 3.74. The van der Waals surface area contributed by atoms with Crippen LogP contribution in [0, 0.1) is 11.8 Å². The van der Waals surface area contributed by atoms with Crippen molar-refractivity contribution in [3.63, 3.8) is 0 Å². The first kappa shape index (κ1) is 16.1. The molecule has 6 nitrogen and oxygen atoms in total. The van der Waals surface area contributed by atoms with Crippen molar-refractivity contribution in [2.75, 3.05) is 17.3 Å². The number of thioether (sulfide) groups is 1. The minimum atomic E-state index is -1.18. The number of amides is 3. The van der Waals surface area contributed by atoms with E-state index in [0.717, 1.165) is 22.2 Å². The largest absolute Gasteiger partial charge is 0.324 e. The second-order valence-electron chi connectivity index (χ2n) is 6.34. The summed E-state index contributed by atoms with van der Waals surface area (Å²) >= 11 is 5.11. The van der Waals surface area contributed by atoms with Crippen LogP contribution in [-0.4, -0.2) is 35.8 Å². The zero-order chi connectivity index (χ0) is 17.1. The highest BCUT2D eigenvalue weighted by atomic mass is 79.9. The fraction of sp³-hybridized carbons (Fsp3) is 0.438. The van der Waals surface area contributed by atoms with Crippen LogP contribution in [-0.2, 0) is 19.9 Å². The van der Waals surface area contributed by atoms with Crippen LogP contribution in [0.3, 0.4) is 0 Å². The summed E-state index contributed by atoms with van der Waals surface area (Å²) in [5.41, 5.74) is 0.240. The Morgan fingerprint density at radius 2 is 2.00 bits per heavy atom. The van der Waals surface area contributed by atoms with Gasteiger partial charge in [-0.05, 0) is 36.6 Å². The van der Waals surface area contributed by atoms with Gasteiger partial charge >= 0.3 is 0 Å². The van der Waals surface area contributed by atoms with Crippen molar-refractivity contribution in [1.82, 2.24) is 10.6 Å². The van der Waals surface area contributed by atoms with Crippen molar-refractivity contribution in [1.29, 1.82) is 0 Å². The van der Waals surface area contributed by atoms with E-state index in [1.54, 1.807) is 11.8 Å². The molecule has 4 atom stereocenters. The lowest BCUT2D eigenvalue weighted by Gasteiger charge is -2.27. The quantitative estimate of drug-likeness (QED) is 0.653. The standard InChI is InChI=1S/C16H16BrN3O3S/c1-24-5-4-10-11-12(14(22)19-13(11)21)16(20-10)8-6-7(17)2-3-9(8)18-15(16)23/h2-3,6,10-12,20H,4-5H2,1H3,(H,18,23)(H,19,21,22)/t10-,11+,12-,16+/m0/s1. The van der Waals surface area contributed by atoms with E-state index in [4.69, 9.17) is 0 Å². The zero-order valence-corrected chi connectivity index (χ0v) is 15.3. The molecule has 1 aromatic carbocycles. The van der Waals surface area contributed by atoms with Gasteiger partial charge in [0.25, 0.3) is 0 Å². The van der Waals surface area contributed by atoms with Gasteiger partial charge in [-0.15, -0.1) is 0 Å². The molecule has 1 spiro atoms. The lowest BCUT2D eigenvalue weighted by atomic mass is 9.76. The molecule has 3 heterocycles. The maximum atomic E-state index is 12.9. The van der Waals surface area contributed by atoms with E-state index in [2.05, 4.69) is 31.9 Å². The monoisotopic (exact) mass is 409 g/mol.